The van der Waals surface area contributed by atoms with E-state index in [0.29, 0.717) is 6.42 Å². The van der Waals surface area contributed by atoms with Crippen molar-refractivity contribution >= 4 is 5.82 Å². The fourth-order valence-electron chi connectivity index (χ4n) is 2.05. The first-order chi connectivity index (χ1) is 8.56. The van der Waals surface area contributed by atoms with E-state index in [1.807, 2.05) is 6.92 Å². The highest BCUT2D eigenvalue weighted by molar-refractivity contribution is 5.36. The second-order valence-corrected chi connectivity index (χ2v) is 4.31. The number of rotatable bonds is 3. The number of aliphatic hydroxyl groups excluding tert-OH is 2. The number of aromatic nitrogens is 2. The zero-order valence-electron chi connectivity index (χ0n) is 10.1. The summed E-state index contributed by atoms with van der Waals surface area (Å²) in [6, 6.07) is 0. The van der Waals surface area contributed by atoms with Gasteiger partial charge in [-0.3, -0.25) is 4.57 Å². The van der Waals surface area contributed by atoms with Gasteiger partial charge in [-0.2, -0.15) is 4.98 Å². The van der Waals surface area contributed by atoms with E-state index in [-0.39, 0.29) is 18.8 Å². The molecule has 3 atom stereocenters. The van der Waals surface area contributed by atoms with Crippen molar-refractivity contribution in [3.63, 3.8) is 0 Å². The molecule has 100 valence electrons. The number of nitrogens with zero attached hydrogens (tertiary/aromatic N) is 2. The molecule has 18 heavy (non-hydrogen) atoms. The molecule has 1 aromatic rings. The highest BCUT2D eigenvalue weighted by Gasteiger charge is 2.35. The van der Waals surface area contributed by atoms with Gasteiger partial charge in [0.25, 0.3) is 0 Å². The predicted molar refractivity (Wildman–Crippen MR) is 63.9 cm³/mol. The SMILES string of the molecule is CCc1cn([C@@H]2C[C@H](O)[C@@H](CO)O2)c(=O)nc1N. The molecule has 4 N–H and O–H groups in total. The highest BCUT2D eigenvalue weighted by atomic mass is 16.5. The molecule has 0 aliphatic carbocycles. The molecule has 0 bridgehead atoms. The van der Waals surface area contributed by atoms with Crippen molar-refractivity contribution in [2.24, 2.45) is 0 Å². The van der Waals surface area contributed by atoms with Crippen LogP contribution in [0.25, 0.3) is 0 Å². The van der Waals surface area contributed by atoms with Gasteiger partial charge in [-0.05, 0) is 6.42 Å². The molecule has 1 fully saturated rings. The van der Waals surface area contributed by atoms with E-state index in [0.717, 1.165) is 5.56 Å². The molecule has 7 heteroatoms. The van der Waals surface area contributed by atoms with E-state index in [9.17, 15) is 9.90 Å². The quantitative estimate of drug-likeness (QED) is 0.641. The lowest BCUT2D eigenvalue weighted by Crippen LogP contribution is -2.29. The number of anilines is 1. The Balaban J connectivity index is 2.32. The van der Waals surface area contributed by atoms with Crippen molar-refractivity contribution in [2.45, 2.75) is 38.2 Å². The number of ether oxygens (including phenoxy) is 1. The minimum atomic E-state index is -0.783. The smallest absolute Gasteiger partial charge is 0.351 e. The fourth-order valence-corrected chi connectivity index (χ4v) is 2.05. The summed E-state index contributed by atoms with van der Waals surface area (Å²) in [5.74, 6) is 0.219. The van der Waals surface area contributed by atoms with Crippen LogP contribution < -0.4 is 11.4 Å². The van der Waals surface area contributed by atoms with Gasteiger partial charge < -0.3 is 20.7 Å². The average molecular weight is 255 g/mol. The Labute approximate surface area is 104 Å². The maximum atomic E-state index is 11.7. The van der Waals surface area contributed by atoms with E-state index < -0.39 is 24.1 Å². The van der Waals surface area contributed by atoms with Crippen molar-refractivity contribution in [3.05, 3.63) is 22.2 Å². The first kappa shape index (κ1) is 13.0. The van der Waals surface area contributed by atoms with Gasteiger partial charge in [0.05, 0.1) is 12.7 Å². The molecule has 0 saturated carbocycles. The standard InChI is InChI=1S/C11H17N3O4/c1-2-6-4-14(11(17)13-10(6)12)9-3-7(16)8(5-15)18-9/h4,7-9,15-16H,2-3,5H2,1H3,(H2,12,13,17)/t7-,8+,9-/m0/s1. The van der Waals surface area contributed by atoms with Crippen LogP contribution in [0.2, 0.25) is 0 Å². The van der Waals surface area contributed by atoms with Gasteiger partial charge in [0.2, 0.25) is 0 Å². The number of hydrogen-bond acceptors (Lipinski definition) is 6. The van der Waals surface area contributed by atoms with E-state index in [1.165, 1.54) is 4.57 Å². The van der Waals surface area contributed by atoms with Crippen LogP contribution in [-0.2, 0) is 11.2 Å². The third kappa shape index (κ3) is 2.24. The Morgan fingerprint density at radius 3 is 2.94 bits per heavy atom. The van der Waals surface area contributed by atoms with Crippen LogP contribution in [0.15, 0.2) is 11.0 Å². The summed E-state index contributed by atoms with van der Waals surface area (Å²) in [5, 5.41) is 18.7. The molecular formula is C11H17N3O4. The first-order valence-corrected chi connectivity index (χ1v) is 5.88. The van der Waals surface area contributed by atoms with Crippen molar-refractivity contribution < 1.29 is 14.9 Å². The summed E-state index contributed by atoms with van der Waals surface area (Å²) in [5.41, 5.74) is 5.86. The highest BCUT2D eigenvalue weighted by Crippen LogP contribution is 2.27. The molecule has 2 heterocycles. The average Bonchev–Trinajstić information content (AvgIpc) is 2.70. The minimum Gasteiger partial charge on any atom is -0.394 e. The van der Waals surface area contributed by atoms with Gasteiger partial charge in [0, 0.05) is 18.2 Å². The number of hydrogen-bond donors (Lipinski definition) is 3. The molecule has 7 nitrogen and oxygen atoms in total. The third-order valence-corrected chi connectivity index (χ3v) is 3.14. The van der Waals surface area contributed by atoms with E-state index in [2.05, 4.69) is 4.98 Å². The summed E-state index contributed by atoms with van der Waals surface area (Å²) in [4.78, 5) is 15.5. The molecule has 2 rings (SSSR count). The maximum Gasteiger partial charge on any atom is 0.351 e. The topological polar surface area (TPSA) is 111 Å². The van der Waals surface area contributed by atoms with Crippen LogP contribution >= 0.6 is 0 Å². The molecule has 0 unspecified atom stereocenters. The molecule has 1 saturated heterocycles. The Bertz CT molecular complexity index is 488. The lowest BCUT2D eigenvalue weighted by molar-refractivity contribution is -0.0459. The van der Waals surface area contributed by atoms with E-state index >= 15 is 0 Å². The largest absolute Gasteiger partial charge is 0.394 e. The van der Waals surface area contributed by atoms with Crippen molar-refractivity contribution in [3.8, 4) is 0 Å². The molecule has 1 aliphatic heterocycles. The van der Waals surface area contributed by atoms with Crippen LogP contribution in [0.1, 0.15) is 25.1 Å². The van der Waals surface area contributed by atoms with Gasteiger partial charge in [0.1, 0.15) is 18.1 Å². The second kappa shape index (κ2) is 5.05. The monoisotopic (exact) mass is 255 g/mol. The molecule has 0 radical (unpaired) electrons. The fraction of sp³-hybridized carbons (Fsp3) is 0.636. The zero-order chi connectivity index (χ0) is 13.3. The molecule has 1 aliphatic rings. The minimum absolute atomic E-state index is 0.219. The summed E-state index contributed by atoms with van der Waals surface area (Å²) >= 11 is 0. The molecule has 0 aromatic carbocycles. The van der Waals surface area contributed by atoms with Crippen LogP contribution in [0, 0.1) is 0 Å². The van der Waals surface area contributed by atoms with Gasteiger partial charge in [-0.1, -0.05) is 6.92 Å². The molecule has 0 spiro atoms. The molecule has 0 amide bonds. The van der Waals surface area contributed by atoms with Crippen LogP contribution in [0.4, 0.5) is 5.82 Å². The normalized spacial score (nSPS) is 27.6. The number of nitrogens with two attached hydrogens (primary N) is 1. The first-order valence-electron chi connectivity index (χ1n) is 5.88. The van der Waals surface area contributed by atoms with Crippen molar-refractivity contribution in [1.82, 2.24) is 9.55 Å². The van der Waals surface area contributed by atoms with E-state index in [1.54, 1.807) is 6.20 Å². The Kier molecular flexibility index (Phi) is 3.65. The van der Waals surface area contributed by atoms with E-state index in [4.69, 9.17) is 15.6 Å². The Morgan fingerprint density at radius 1 is 1.67 bits per heavy atom. The third-order valence-electron chi connectivity index (χ3n) is 3.14. The summed E-state index contributed by atoms with van der Waals surface area (Å²) < 4.78 is 6.72. The second-order valence-electron chi connectivity index (χ2n) is 4.31. The summed E-state index contributed by atoms with van der Waals surface area (Å²) in [6.45, 7) is 1.62. The van der Waals surface area contributed by atoms with Crippen LogP contribution in [0.5, 0.6) is 0 Å². The number of aryl methyl sites for hydroxylation is 1. The van der Waals surface area contributed by atoms with Crippen LogP contribution in [0.3, 0.4) is 0 Å². The van der Waals surface area contributed by atoms with Gasteiger partial charge in [-0.25, -0.2) is 4.79 Å². The van der Waals surface area contributed by atoms with Gasteiger partial charge >= 0.3 is 5.69 Å². The zero-order valence-corrected chi connectivity index (χ0v) is 10.1. The van der Waals surface area contributed by atoms with Crippen molar-refractivity contribution in [1.29, 1.82) is 0 Å². The lowest BCUT2D eigenvalue weighted by Gasteiger charge is -2.15. The predicted octanol–water partition coefficient (Wildman–Crippen LogP) is -0.971. The summed E-state index contributed by atoms with van der Waals surface area (Å²) in [6.07, 6.45) is 0.446. The number of aliphatic hydroxyl groups is 2. The van der Waals surface area contributed by atoms with Gasteiger partial charge in [-0.15, -0.1) is 0 Å². The molecule has 1 aromatic heterocycles. The lowest BCUT2D eigenvalue weighted by atomic mass is 10.2. The van der Waals surface area contributed by atoms with Crippen LogP contribution in [-0.4, -0.2) is 38.6 Å². The summed E-state index contributed by atoms with van der Waals surface area (Å²) in [7, 11) is 0. The number of nitrogen functional groups attached to an aromatic ring is 1. The van der Waals surface area contributed by atoms with Gasteiger partial charge in [0.15, 0.2) is 0 Å². The Hall–Kier alpha value is -1.44. The molecular weight excluding hydrogens is 238 g/mol. The van der Waals surface area contributed by atoms with Crippen molar-refractivity contribution in [2.75, 3.05) is 12.3 Å². The maximum absolute atomic E-state index is 11.7. The Morgan fingerprint density at radius 2 is 2.39 bits per heavy atom.